The quantitative estimate of drug-likeness (QED) is 0.916. The van der Waals surface area contributed by atoms with Gasteiger partial charge in [-0.05, 0) is 43.0 Å². The lowest BCUT2D eigenvalue weighted by Gasteiger charge is -2.23. The van der Waals surface area contributed by atoms with Crippen molar-refractivity contribution in [1.29, 1.82) is 0 Å². The highest BCUT2D eigenvalue weighted by molar-refractivity contribution is 7.99. The van der Waals surface area contributed by atoms with Gasteiger partial charge >= 0.3 is 0 Å². The van der Waals surface area contributed by atoms with Crippen molar-refractivity contribution >= 4 is 17.5 Å². The molecule has 130 valence electrons. The molecule has 2 aliphatic heterocycles. The van der Waals surface area contributed by atoms with Gasteiger partial charge in [0, 0.05) is 16.9 Å². The molecule has 2 heterocycles. The molecule has 0 unspecified atom stereocenters. The van der Waals surface area contributed by atoms with Crippen molar-refractivity contribution in [3.8, 4) is 5.75 Å². The Morgan fingerprint density at radius 2 is 1.84 bits per heavy atom. The van der Waals surface area contributed by atoms with Crippen molar-refractivity contribution in [3.05, 3.63) is 53.6 Å². The molecule has 0 aliphatic carbocycles. The van der Waals surface area contributed by atoms with Gasteiger partial charge in [0.2, 0.25) is 0 Å². The molecule has 1 N–H and O–H groups in total. The zero-order valence-electron chi connectivity index (χ0n) is 14.4. The summed E-state index contributed by atoms with van der Waals surface area (Å²) in [5.41, 5.74) is 1.90. The molecule has 4 rings (SSSR count). The molecular formula is C21H24NO2S+. The van der Waals surface area contributed by atoms with E-state index in [1.54, 1.807) is 16.7 Å². The molecule has 2 aliphatic rings. The number of piperidine rings is 1. The smallest absolute Gasteiger partial charge is 0.168 e. The van der Waals surface area contributed by atoms with E-state index in [0.29, 0.717) is 13.0 Å². The highest BCUT2D eigenvalue weighted by atomic mass is 32.2. The van der Waals surface area contributed by atoms with Crippen LogP contribution < -0.4 is 9.64 Å². The summed E-state index contributed by atoms with van der Waals surface area (Å²) >= 11 is 1.67. The number of carbonyl (C=O) groups excluding carboxylic acids is 1. The molecule has 1 fully saturated rings. The summed E-state index contributed by atoms with van der Waals surface area (Å²) in [5.74, 6) is 1.03. The summed E-state index contributed by atoms with van der Waals surface area (Å²) in [6, 6.07) is 14.0. The lowest BCUT2D eigenvalue weighted by atomic mass is 10.0. The maximum Gasteiger partial charge on any atom is 0.168 e. The number of nitrogens with one attached hydrogen (secondary N) is 1. The molecule has 1 saturated heterocycles. The predicted molar refractivity (Wildman–Crippen MR) is 100.0 cm³/mol. The number of hydrogen-bond acceptors (Lipinski definition) is 3. The third-order valence-electron chi connectivity index (χ3n) is 5.09. The largest absolute Gasteiger partial charge is 0.487 e. The first-order valence-corrected chi connectivity index (χ1v) is 10.0. The third-order valence-corrected chi connectivity index (χ3v) is 6.33. The van der Waals surface area contributed by atoms with E-state index < -0.39 is 0 Å². The summed E-state index contributed by atoms with van der Waals surface area (Å²) in [6.07, 6.45) is 4.50. The van der Waals surface area contributed by atoms with Crippen LogP contribution in [0.2, 0.25) is 0 Å². The molecule has 2 aromatic carbocycles. The van der Waals surface area contributed by atoms with Crippen LogP contribution >= 0.6 is 11.8 Å². The van der Waals surface area contributed by atoms with Gasteiger partial charge in [0.25, 0.3) is 0 Å². The standard InChI is InChI=1S/C21H23NO2S/c23-18-15-16-7-2-3-10-20(16)25-21-17(18)8-6-9-19(21)24-14-13-22-11-4-1-5-12-22/h2-3,6-10H,1,4-5,11-15H2/p+1. The highest BCUT2D eigenvalue weighted by Crippen LogP contribution is 2.42. The number of quaternary nitrogens is 1. The van der Waals surface area contributed by atoms with Crippen LogP contribution in [-0.4, -0.2) is 32.0 Å². The first-order chi connectivity index (χ1) is 12.3. The SMILES string of the molecule is O=C1Cc2ccccc2Sc2c(OCC[NH+]3CCCCC3)cccc21. The second-order valence-electron chi connectivity index (χ2n) is 6.85. The number of ether oxygens (including phenoxy) is 1. The minimum Gasteiger partial charge on any atom is -0.487 e. The fraction of sp³-hybridized carbons (Fsp3) is 0.381. The molecule has 0 spiro atoms. The van der Waals surface area contributed by atoms with Crippen LogP contribution in [0, 0.1) is 0 Å². The lowest BCUT2D eigenvalue weighted by Crippen LogP contribution is -3.13. The molecule has 25 heavy (non-hydrogen) atoms. The minimum absolute atomic E-state index is 0.180. The van der Waals surface area contributed by atoms with Gasteiger partial charge in [-0.3, -0.25) is 4.79 Å². The average Bonchev–Trinajstić information content (AvgIpc) is 2.79. The van der Waals surface area contributed by atoms with E-state index in [0.717, 1.165) is 33.2 Å². The Morgan fingerprint density at radius 1 is 1.00 bits per heavy atom. The minimum atomic E-state index is 0.180. The summed E-state index contributed by atoms with van der Waals surface area (Å²) in [4.78, 5) is 16.4. The summed E-state index contributed by atoms with van der Waals surface area (Å²) < 4.78 is 6.13. The monoisotopic (exact) mass is 354 g/mol. The summed E-state index contributed by atoms with van der Waals surface area (Å²) in [5, 5.41) is 0. The van der Waals surface area contributed by atoms with Crippen LogP contribution in [0.15, 0.2) is 52.3 Å². The van der Waals surface area contributed by atoms with Crippen LogP contribution in [0.3, 0.4) is 0 Å². The number of carbonyl (C=O) groups is 1. The van der Waals surface area contributed by atoms with Crippen molar-refractivity contribution < 1.29 is 14.4 Å². The average molecular weight is 354 g/mol. The molecule has 0 radical (unpaired) electrons. The van der Waals surface area contributed by atoms with Crippen LogP contribution in [-0.2, 0) is 6.42 Å². The maximum absolute atomic E-state index is 12.7. The predicted octanol–water partition coefficient (Wildman–Crippen LogP) is 3.02. The first-order valence-electron chi connectivity index (χ1n) is 9.19. The van der Waals surface area contributed by atoms with E-state index in [9.17, 15) is 4.79 Å². The Balaban J connectivity index is 1.53. The van der Waals surface area contributed by atoms with Gasteiger partial charge in [-0.25, -0.2) is 0 Å². The van der Waals surface area contributed by atoms with Crippen molar-refractivity contribution in [2.45, 2.75) is 35.5 Å². The molecule has 0 amide bonds. The van der Waals surface area contributed by atoms with Crippen molar-refractivity contribution in [1.82, 2.24) is 0 Å². The third kappa shape index (κ3) is 3.75. The van der Waals surface area contributed by atoms with Crippen LogP contribution in [0.25, 0.3) is 0 Å². The Bertz CT molecular complexity index is 768. The number of rotatable bonds is 4. The topological polar surface area (TPSA) is 30.7 Å². The zero-order chi connectivity index (χ0) is 17.1. The second-order valence-corrected chi connectivity index (χ2v) is 7.90. The molecule has 3 nitrogen and oxygen atoms in total. The number of benzene rings is 2. The zero-order valence-corrected chi connectivity index (χ0v) is 15.2. The van der Waals surface area contributed by atoms with Crippen molar-refractivity contribution in [3.63, 3.8) is 0 Å². The van der Waals surface area contributed by atoms with E-state index in [2.05, 4.69) is 6.07 Å². The number of fused-ring (bicyclic) bond motifs is 2. The van der Waals surface area contributed by atoms with E-state index in [-0.39, 0.29) is 5.78 Å². The van der Waals surface area contributed by atoms with Crippen LogP contribution in [0.1, 0.15) is 35.2 Å². The van der Waals surface area contributed by atoms with Gasteiger partial charge in [-0.1, -0.05) is 36.0 Å². The highest BCUT2D eigenvalue weighted by Gasteiger charge is 2.23. The summed E-state index contributed by atoms with van der Waals surface area (Å²) in [7, 11) is 0. The molecule has 0 saturated carbocycles. The molecule has 4 heteroatoms. The molecule has 0 bridgehead atoms. The van der Waals surface area contributed by atoms with E-state index >= 15 is 0 Å². The fourth-order valence-electron chi connectivity index (χ4n) is 3.69. The summed E-state index contributed by atoms with van der Waals surface area (Å²) in [6.45, 7) is 4.27. The van der Waals surface area contributed by atoms with Crippen molar-refractivity contribution in [2.24, 2.45) is 0 Å². The van der Waals surface area contributed by atoms with Crippen LogP contribution in [0.5, 0.6) is 5.75 Å². The molecule has 2 aromatic rings. The normalized spacial score (nSPS) is 17.5. The van der Waals surface area contributed by atoms with E-state index in [1.165, 1.54) is 32.4 Å². The van der Waals surface area contributed by atoms with Gasteiger partial charge in [0.05, 0.1) is 18.0 Å². The van der Waals surface area contributed by atoms with Gasteiger partial charge < -0.3 is 9.64 Å². The van der Waals surface area contributed by atoms with E-state index in [1.807, 2.05) is 36.4 Å². The Morgan fingerprint density at radius 3 is 2.72 bits per heavy atom. The number of hydrogen-bond donors (Lipinski definition) is 1. The van der Waals surface area contributed by atoms with Gasteiger partial charge in [0.1, 0.15) is 18.9 Å². The molecule has 0 aromatic heterocycles. The lowest BCUT2D eigenvalue weighted by molar-refractivity contribution is -0.904. The number of ketones is 1. The van der Waals surface area contributed by atoms with Gasteiger partial charge in [-0.2, -0.15) is 0 Å². The second kappa shape index (κ2) is 7.63. The molecule has 0 atom stereocenters. The van der Waals surface area contributed by atoms with Gasteiger partial charge in [0.15, 0.2) is 5.78 Å². The van der Waals surface area contributed by atoms with Crippen LogP contribution in [0.4, 0.5) is 0 Å². The van der Waals surface area contributed by atoms with E-state index in [4.69, 9.17) is 4.74 Å². The number of Topliss-reactive ketones (excluding diaryl/α,β-unsaturated/α-hetero) is 1. The molecular weight excluding hydrogens is 330 g/mol. The maximum atomic E-state index is 12.7. The first kappa shape index (κ1) is 16.7. The Labute approximate surface area is 153 Å². The Kier molecular flexibility index (Phi) is 5.09. The van der Waals surface area contributed by atoms with Crippen molar-refractivity contribution in [2.75, 3.05) is 26.2 Å². The fourth-order valence-corrected chi connectivity index (χ4v) is 4.85. The number of likely N-dealkylation sites (tertiary alicyclic amines) is 1. The Hall–Kier alpha value is -1.78. The van der Waals surface area contributed by atoms with Gasteiger partial charge in [-0.15, -0.1) is 0 Å².